The number of aryl methyl sites for hydroxylation is 1. The molecule has 2 aromatic rings. The smallest absolute Gasteiger partial charge is 0.318 e. The first-order valence-electron chi connectivity index (χ1n) is 12.7. The second kappa shape index (κ2) is 6.39. The predicted molar refractivity (Wildman–Crippen MR) is 127 cm³/mol. The fraction of sp³-hybridized carbons (Fsp3) is 0.400. The number of methoxy groups -OCH3 is 1. The largest absolute Gasteiger partial charge is 0.497 e. The highest BCUT2D eigenvalue weighted by Gasteiger charge is 2.89. The number of fused-ring (bicyclic) bond motifs is 9. The maximum absolute atomic E-state index is 13.6. The highest BCUT2D eigenvalue weighted by atomic mass is 16.6. The van der Waals surface area contributed by atoms with Gasteiger partial charge in [-0.3, -0.25) is 19.2 Å². The van der Waals surface area contributed by atoms with Gasteiger partial charge in [0.25, 0.3) is 0 Å². The van der Waals surface area contributed by atoms with Crippen molar-refractivity contribution in [2.75, 3.05) is 7.11 Å². The zero-order valence-corrected chi connectivity index (χ0v) is 20.4. The van der Waals surface area contributed by atoms with E-state index in [1.54, 1.807) is 7.11 Å². The third-order valence-electron chi connectivity index (χ3n) is 10.6. The lowest BCUT2D eigenvalue weighted by molar-refractivity contribution is -0.159. The molecule has 0 N–H and O–H groups in total. The zero-order chi connectivity index (χ0) is 25.5. The molecular formula is C30H24O7. The molecule has 4 aliphatic carbocycles. The van der Waals surface area contributed by atoms with Gasteiger partial charge in [-0.25, -0.2) is 0 Å². The number of cyclic esters (lactones) is 4. The molecule has 0 radical (unpaired) electrons. The van der Waals surface area contributed by atoms with Crippen LogP contribution in [-0.4, -0.2) is 31.0 Å². The molecule has 2 aromatic carbocycles. The van der Waals surface area contributed by atoms with Gasteiger partial charge in [-0.05, 0) is 48.9 Å². The summed E-state index contributed by atoms with van der Waals surface area (Å²) < 4.78 is 16.0. The Balaban J connectivity index is 1.49. The van der Waals surface area contributed by atoms with Crippen LogP contribution in [0.3, 0.4) is 0 Å². The van der Waals surface area contributed by atoms with Gasteiger partial charge in [0.05, 0.1) is 30.8 Å². The van der Waals surface area contributed by atoms with Crippen LogP contribution in [0.5, 0.6) is 5.75 Å². The number of benzene rings is 2. The molecule has 0 aromatic heterocycles. The van der Waals surface area contributed by atoms with Crippen molar-refractivity contribution in [2.45, 2.75) is 30.6 Å². The number of hydrogen-bond acceptors (Lipinski definition) is 7. The topological polar surface area (TPSA) is 96.0 Å². The average molecular weight is 497 g/mol. The molecule has 3 saturated carbocycles. The summed E-state index contributed by atoms with van der Waals surface area (Å²) in [5.41, 5.74) is 1.33. The van der Waals surface area contributed by atoms with Crippen molar-refractivity contribution in [1.29, 1.82) is 0 Å². The van der Waals surface area contributed by atoms with E-state index in [1.165, 1.54) is 0 Å². The summed E-state index contributed by atoms with van der Waals surface area (Å²) in [5.74, 6) is -4.25. The van der Waals surface area contributed by atoms with Gasteiger partial charge in [0.1, 0.15) is 5.75 Å². The van der Waals surface area contributed by atoms with Crippen LogP contribution in [0.15, 0.2) is 60.2 Å². The minimum Gasteiger partial charge on any atom is -0.497 e. The zero-order valence-electron chi connectivity index (χ0n) is 20.4. The second-order valence-corrected chi connectivity index (χ2v) is 11.6. The van der Waals surface area contributed by atoms with Crippen molar-refractivity contribution in [1.82, 2.24) is 0 Å². The van der Waals surface area contributed by atoms with E-state index >= 15 is 0 Å². The molecule has 37 heavy (non-hydrogen) atoms. The maximum atomic E-state index is 13.6. The molecule has 1 spiro atoms. The normalized spacial score (nSPS) is 41.9. The highest BCUT2D eigenvalue weighted by Crippen LogP contribution is 2.86. The first-order valence-corrected chi connectivity index (χ1v) is 12.7. The lowest BCUT2D eigenvalue weighted by Crippen LogP contribution is -2.57. The molecule has 5 fully saturated rings. The van der Waals surface area contributed by atoms with Gasteiger partial charge < -0.3 is 14.2 Å². The van der Waals surface area contributed by atoms with E-state index in [-0.39, 0.29) is 5.92 Å². The van der Waals surface area contributed by atoms with Crippen LogP contribution in [0, 0.1) is 41.9 Å². The van der Waals surface area contributed by atoms with Gasteiger partial charge in [-0.1, -0.05) is 53.6 Å². The van der Waals surface area contributed by atoms with E-state index in [4.69, 9.17) is 14.2 Å². The minimum atomic E-state index is -0.891. The molecule has 186 valence electrons. The summed E-state index contributed by atoms with van der Waals surface area (Å²) in [6, 6.07) is 15.7. The van der Waals surface area contributed by atoms with Crippen LogP contribution in [0.1, 0.15) is 29.5 Å². The van der Waals surface area contributed by atoms with Crippen molar-refractivity contribution in [2.24, 2.45) is 35.0 Å². The quantitative estimate of drug-likeness (QED) is 0.366. The third-order valence-corrected chi connectivity index (χ3v) is 10.6. The standard InChI is InChI=1S/C30H24O7/c1-14-3-5-17(6-4-14)30-13-28(16-7-9-18(35-2)10-8-16,22-23(30)27(34)37-26(22)33)19-11-15-12-29(19,30)21-20(15)24(31)36-25(21)32/h3-11,15,20-23H,12-13H2,1-2H3/t15-,20-,21+,22-,23+,28-,29+,30-/m0/s1. The Bertz CT molecular complexity index is 1490. The molecule has 0 amide bonds. The van der Waals surface area contributed by atoms with Gasteiger partial charge >= 0.3 is 23.9 Å². The van der Waals surface area contributed by atoms with Crippen LogP contribution in [-0.2, 0) is 39.5 Å². The second-order valence-electron chi connectivity index (χ2n) is 11.6. The van der Waals surface area contributed by atoms with Crippen LogP contribution >= 0.6 is 0 Å². The molecular weight excluding hydrogens is 472 g/mol. The van der Waals surface area contributed by atoms with E-state index in [0.29, 0.717) is 18.6 Å². The Kier molecular flexibility index (Phi) is 3.69. The summed E-state index contributed by atoms with van der Waals surface area (Å²) in [6.07, 6.45) is 3.19. The van der Waals surface area contributed by atoms with Gasteiger partial charge in [0, 0.05) is 16.2 Å². The van der Waals surface area contributed by atoms with E-state index in [9.17, 15) is 19.2 Å². The Morgan fingerprint density at radius 1 is 0.757 bits per heavy atom. The Morgan fingerprint density at radius 2 is 1.38 bits per heavy atom. The molecule has 2 heterocycles. The highest BCUT2D eigenvalue weighted by molar-refractivity contribution is 6.04. The molecule has 6 aliphatic rings. The summed E-state index contributed by atoms with van der Waals surface area (Å²) >= 11 is 0. The number of esters is 4. The summed E-state index contributed by atoms with van der Waals surface area (Å²) in [6.45, 7) is 2.00. The van der Waals surface area contributed by atoms with Crippen molar-refractivity contribution in [3.8, 4) is 5.75 Å². The number of rotatable bonds is 3. The summed E-state index contributed by atoms with van der Waals surface area (Å²) in [7, 11) is 1.60. The van der Waals surface area contributed by atoms with Crippen molar-refractivity contribution >= 4 is 23.9 Å². The van der Waals surface area contributed by atoms with E-state index < -0.39 is 63.8 Å². The fourth-order valence-corrected chi connectivity index (χ4v) is 9.66. The first kappa shape index (κ1) is 21.4. The number of carbonyl (C=O) groups is 4. The molecule has 7 heteroatoms. The van der Waals surface area contributed by atoms with Gasteiger partial charge in [-0.15, -0.1) is 0 Å². The summed E-state index contributed by atoms with van der Waals surface area (Å²) in [4.78, 5) is 53.3. The third kappa shape index (κ3) is 2.04. The molecule has 8 rings (SSSR count). The maximum Gasteiger partial charge on any atom is 0.318 e. The number of allylic oxidation sites excluding steroid dienone is 2. The SMILES string of the molecule is COc1ccc([C@]23C[C@](c4ccc(C)cc4)([C@H]4C(=O)OC(=O)[C@H]42)[C@]24C[C@H](C=C32)[C@@H]2C(=O)OC(=O)[C@@H]24)cc1. The Morgan fingerprint density at radius 3 is 2.08 bits per heavy atom. The van der Waals surface area contributed by atoms with E-state index in [0.717, 1.165) is 22.3 Å². The predicted octanol–water partition coefficient (Wildman–Crippen LogP) is 3.17. The molecule has 7 nitrogen and oxygen atoms in total. The van der Waals surface area contributed by atoms with E-state index in [2.05, 4.69) is 6.08 Å². The molecule has 0 unspecified atom stereocenters. The molecule has 2 saturated heterocycles. The number of ether oxygens (including phenoxy) is 3. The van der Waals surface area contributed by atoms with Crippen molar-refractivity contribution in [3.05, 3.63) is 76.9 Å². The lowest BCUT2D eigenvalue weighted by atomic mass is 9.47. The molecule has 8 atom stereocenters. The number of hydrogen-bond donors (Lipinski definition) is 0. The van der Waals surface area contributed by atoms with Gasteiger partial charge in [0.15, 0.2) is 0 Å². The molecule has 2 aliphatic heterocycles. The van der Waals surface area contributed by atoms with Crippen molar-refractivity contribution < 1.29 is 33.4 Å². The summed E-state index contributed by atoms with van der Waals surface area (Å²) in [5, 5.41) is 0. The molecule has 4 bridgehead atoms. The van der Waals surface area contributed by atoms with E-state index in [1.807, 2.05) is 55.5 Å². The fourth-order valence-electron chi connectivity index (χ4n) is 9.66. The van der Waals surface area contributed by atoms with Crippen LogP contribution in [0.25, 0.3) is 0 Å². The number of carbonyl (C=O) groups excluding carboxylic acids is 4. The lowest BCUT2D eigenvalue weighted by Gasteiger charge is -2.52. The average Bonchev–Trinajstić information content (AvgIpc) is 3.69. The minimum absolute atomic E-state index is 0.174. The van der Waals surface area contributed by atoms with Crippen LogP contribution < -0.4 is 4.74 Å². The van der Waals surface area contributed by atoms with Gasteiger partial charge in [-0.2, -0.15) is 0 Å². The first-order chi connectivity index (χ1) is 17.8. The van der Waals surface area contributed by atoms with Crippen molar-refractivity contribution in [3.63, 3.8) is 0 Å². The monoisotopic (exact) mass is 496 g/mol. The van der Waals surface area contributed by atoms with Crippen LogP contribution in [0.4, 0.5) is 0 Å². The van der Waals surface area contributed by atoms with Crippen LogP contribution in [0.2, 0.25) is 0 Å². The van der Waals surface area contributed by atoms with Gasteiger partial charge in [0.2, 0.25) is 0 Å². The Labute approximate surface area is 212 Å². The Hall–Kier alpha value is -3.74.